The second-order valence-corrected chi connectivity index (χ2v) is 6.89. The first-order valence-corrected chi connectivity index (χ1v) is 8.79. The fourth-order valence-corrected chi connectivity index (χ4v) is 3.11. The molecule has 0 aromatic heterocycles. The number of benzene rings is 2. The lowest BCUT2D eigenvalue weighted by Crippen LogP contribution is -2.30. The highest BCUT2D eigenvalue weighted by molar-refractivity contribution is 9.10. The maximum absolute atomic E-state index is 12.4. The van der Waals surface area contributed by atoms with Crippen molar-refractivity contribution in [2.24, 2.45) is 5.92 Å². The Morgan fingerprint density at radius 3 is 2.54 bits per heavy atom. The summed E-state index contributed by atoms with van der Waals surface area (Å²) in [4.78, 5) is 26.3. The Kier molecular flexibility index (Phi) is 5.30. The molecule has 1 aliphatic heterocycles. The van der Waals surface area contributed by atoms with Crippen LogP contribution in [0, 0.1) is 5.92 Å². The van der Waals surface area contributed by atoms with Crippen LogP contribution in [0.3, 0.4) is 0 Å². The molecule has 24 heavy (non-hydrogen) atoms. The van der Waals surface area contributed by atoms with E-state index in [1.165, 1.54) is 5.56 Å². The van der Waals surface area contributed by atoms with Gasteiger partial charge in [0.1, 0.15) is 0 Å². The number of carbonyl (C=O) groups is 2. The van der Waals surface area contributed by atoms with E-state index < -0.39 is 0 Å². The number of carbonyl (C=O) groups excluding carboxylic acids is 2. The van der Waals surface area contributed by atoms with Gasteiger partial charge >= 0.3 is 0 Å². The smallest absolute Gasteiger partial charge is 0.229 e. The molecule has 1 saturated heterocycles. The van der Waals surface area contributed by atoms with Crippen LogP contribution in [0.4, 0.5) is 5.69 Å². The van der Waals surface area contributed by atoms with Crippen molar-refractivity contribution in [3.8, 4) is 0 Å². The quantitative estimate of drug-likeness (QED) is 0.854. The third-order valence-corrected chi connectivity index (χ3v) is 4.74. The van der Waals surface area contributed by atoms with Gasteiger partial charge in [-0.3, -0.25) is 9.59 Å². The number of halogens is 1. The molecule has 1 N–H and O–H groups in total. The van der Waals surface area contributed by atoms with Gasteiger partial charge in [-0.1, -0.05) is 46.3 Å². The van der Waals surface area contributed by atoms with Crippen molar-refractivity contribution < 1.29 is 9.59 Å². The molecule has 0 radical (unpaired) electrons. The summed E-state index contributed by atoms with van der Waals surface area (Å²) >= 11 is 3.37. The lowest BCUT2D eigenvalue weighted by Gasteiger charge is -2.16. The van der Waals surface area contributed by atoms with Gasteiger partial charge in [-0.15, -0.1) is 0 Å². The highest BCUT2D eigenvalue weighted by atomic mass is 79.9. The fourth-order valence-electron chi connectivity index (χ4n) is 2.85. The highest BCUT2D eigenvalue weighted by Gasteiger charge is 2.33. The Bertz CT molecular complexity index is 716. The number of anilines is 1. The van der Waals surface area contributed by atoms with E-state index >= 15 is 0 Å². The average Bonchev–Trinajstić information content (AvgIpc) is 2.97. The van der Waals surface area contributed by atoms with Crippen molar-refractivity contribution in [1.29, 1.82) is 0 Å². The first-order valence-electron chi connectivity index (χ1n) is 8.00. The molecule has 124 valence electrons. The summed E-state index contributed by atoms with van der Waals surface area (Å²) in [5.74, 6) is -0.313. The summed E-state index contributed by atoms with van der Waals surface area (Å²) in [5, 5.41) is 2.89. The Morgan fingerprint density at radius 1 is 1.12 bits per heavy atom. The van der Waals surface area contributed by atoms with Gasteiger partial charge in [0.05, 0.1) is 5.92 Å². The minimum atomic E-state index is -0.281. The standard InChI is InChI=1S/C19H19BrN2O2/c20-16-6-8-17(9-7-16)21-19(24)15-12-18(23)22(13-15)11-10-14-4-2-1-3-5-14/h1-9,15H,10-13H2,(H,21,24). The molecule has 5 heteroatoms. The third kappa shape index (κ3) is 4.23. The van der Waals surface area contributed by atoms with Crippen LogP contribution in [0.15, 0.2) is 59.1 Å². The summed E-state index contributed by atoms with van der Waals surface area (Å²) < 4.78 is 0.962. The van der Waals surface area contributed by atoms with Crippen LogP contribution in [0.2, 0.25) is 0 Å². The molecule has 2 aromatic carbocycles. The molecule has 4 nitrogen and oxygen atoms in total. The minimum Gasteiger partial charge on any atom is -0.342 e. The van der Waals surface area contributed by atoms with Gasteiger partial charge in [0.15, 0.2) is 0 Å². The second-order valence-electron chi connectivity index (χ2n) is 5.97. The van der Waals surface area contributed by atoms with Gasteiger partial charge in [0.2, 0.25) is 11.8 Å². The second kappa shape index (κ2) is 7.62. The van der Waals surface area contributed by atoms with Crippen LogP contribution in [0.1, 0.15) is 12.0 Å². The Labute approximate surface area is 150 Å². The van der Waals surface area contributed by atoms with Crippen molar-refractivity contribution in [2.45, 2.75) is 12.8 Å². The van der Waals surface area contributed by atoms with E-state index in [9.17, 15) is 9.59 Å². The maximum atomic E-state index is 12.4. The zero-order valence-corrected chi connectivity index (χ0v) is 14.8. The van der Waals surface area contributed by atoms with Crippen molar-refractivity contribution in [2.75, 3.05) is 18.4 Å². The number of amides is 2. The lowest BCUT2D eigenvalue weighted by atomic mass is 10.1. The van der Waals surface area contributed by atoms with Gasteiger partial charge in [-0.2, -0.15) is 0 Å². The van der Waals surface area contributed by atoms with Gasteiger partial charge in [0, 0.05) is 29.7 Å². The fraction of sp³-hybridized carbons (Fsp3) is 0.263. The van der Waals surface area contributed by atoms with Crippen LogP contribution >= 0.6 is 15.9 Å². The summed E-state index contributed by atoms with van der Waals surface area (Å²) in [5.41, 5.74) is 1.95. The van der Waals surface area contributed by atoms with Crippen LogP contribution in [0.5, 0.6) is 0 Å². The molecule has 1 heterocycles. The van der Waals surface area contributed by atoms with E-state index in [2.05, 4.69) is 33.4 Å². The average molecular weight is 387 g/mol. The Balaban J connectivity index is 1.53. The summed E-state index contributed by atoms with van der Waals surface area (Å²) in [7, 11) is 0. The van der Waals surface area contributed by atoms with Crippen molar-refractivity contribution in [3.05, 3.63) is 64.6 Å². The van der Waals surface area contributed by atoms with E-state index in [1.807, 2.05) is 42.5 Å². The molecule has 1 fully saturated rings. The number of nitrogens with one attached hydrogen (secondary N) is 1. The molecule has 2 amide bonds. The zero-order valence-electron chi connectivity index (χ0n) is 13.2. The predicted molar refractivity (Wildman–Crippen MR) is 97.6 cm³/mol. The SMILES string of the molecule is O=C(Nc1ccc(Br)cc1)C1CC(=O)N(CCc2ccccc2)C1. The van der Waals surface area contributed by atoms with E-state index in [0.717, 1.165) is 16.6 Å². The summed E-state index contributed by atoms with van der Waals surface area (Å²) in [6.07, 6.45) is 1.10. The first-order chi connectivity index (χ1) is 11.6. The van der Waals surface area contributed by atoms with Gasteiger partial charge < -0.3 is 10.2 Å². The molecular weight excluding hydrogens is 368 g/mol. The van der Waals surface area contributed by atoms with E-state index in [1.54, 1.807) is 4.90 Å². The largest absolute Gasteiger partial charge is 0.342 e. The van der Waals surface area contributed by atoms with Gasteiger partial charge in [-0.25, -0.2) is 0 Å². The van der Waals surface area contributed by atoms with Crippen molar-refractivity contribution in [3.63, 3.8) is 0 Å². The molecule has 0 aliphatic carbocycles. The molecular formula is C19H19BrN2O2. The predicted octanol–water partition coefficient (Wildman–Crippen LogP) is 3.48. The number of likely N-dealkylation sites (tertiary alicyclic amines) is 1. The van der Waals surface area contributed by atoms with Gasteiger partial charge in [0.25, 0.3) is 0 Å². The van der Waals surface area contributed by atoms with Gasteiger partial charge in [-0.05, 0) is 36.2 Å². The molecule has 0 bridgehead atoms. The van der Waals surface area contributed by atoms with Crippen molar-refractivity contribution >= 4 is 33.4 Å². The maximum Gasteiger partial charge on any atom is 0.229 e. The normalized spacial score (nSPS) is 17.1. The molecule has 0 spiro atoms. The number of rotatable bonds is 5. The summed E-state index contributed by atoms with van der Waals surface area (Å²) in [6.45, 7) is 1.15. The molecule has 1 unspecified atom stereocenters. The van der Waals surface area contributed by atoms with E-state index in [-0.39, 0.29) is 24.2 Å². The molecule has 1 atom stereocenters. The van der Waals surface area contributed by atoms with E-state index in [0.29, 0.717) is 13.1 Å². The molecule has 0 saturated carbocycles. The Morgan fingerprint density at radius 2 is 1.83 bits per heavy atom. The minimum absolute atomic E-state index is 0.0573. The van der Waals surface area contributed by atoms with Crippen LogP contribution in [0.25, 0.3) is 0 Å². The number of hydrogen-bond acceptors (Lipinski definition) is 2. The highest BCUT2D eigenvalue weighted by Crippen LogP contribution is 2.21. The van der Waals surface area contributed by atoms with Crippen LogP contribution < -0.4 is 5.32 Å². The lowest BCUT2D eigenvalue weighted by molar-refractivity contribution is -0.128. The molecule has 3 rings (SSSR count). The summed E-state index contributed by atoms with van der Waals surface area (Å²) in [6, 6.07) is 17.5. The van der Waals surface area contributed by atoms with Crippen molar-refractivity contribution in [1.82, 2.24) is 4.90 Å². The third-order valence-electron chi connectivity index (χ3n) is 4.21. The van der Waals surface area contributed by atoms with Crippen LogP contribution in [-0.2, 0) is 16.0 Å². The van der Waals surface area contributed by atoms with Crippen LogP contribution in [-0.4, -0.2) is 29.8 Å². The molecule has 2 aromatic rings. The van der Waals surface area contributed by atoms with E-state index in [4.69, 9.17) is 0 Å². The Hall–Kier alpha value is -2.14. The topological polar surface area (TPSA) is 49.4 Å². The monoisotopic (exact) mass is 386 g/mol. The molecule has 1 aliphatic rings. The number of hydrogen-bond donors (Lipinski definition) is 1. The zero-order chi connectivity index (χ0) is 16.9. The number of nitrogens with zero attached hydrogens (tertiary/aromatic N) is 1. The first kappa shape index (κ1) is 16.7.